The Kier molecular flexibility index (Phi) is 3.64. The summed E-state index contributed by atoms with van der Waals surface area (Å²) < 4.78 is 22.6. The quantitative estimate of drug-likeness (QED) is 0.668. The highest BCUT2D eigenvalue weighted by molar-refractivity contribution is 5.16. The highest BCUT2D eigenvalue weighted by atomic mass is 19.1. The van der Waals surface area contributed by atoms with Gasteiger partial charge in [0.05, 0.1) is 12.3 Å². The predicted octanol–water partition coefficient (Wildman–Crippen LogP) is 1.63. The first-order chi connectivity index (χ1) is 6.22. The van der Waals surface area contributed by atoms with Crippen LogP contribution in [-0.2, 0) is 4.74 Å². The maximum absolute atomic E-state index is 12.4. The van der Waals surface area contributed by atoms with E-state index in [-0.39, 0.29) is 6.10 Å². The van der Waals surface area contributed by atoms with E-state index < -0.39 is 5.95 Å². The predicted molar refractivity (Wildman–Crippen MR) is 46.2 cm³/mol. The van der Waals surface area contributed by atoms with Crippen LogP contribution in [0.3, 0.4) is 0 Å². The minimum atomic E-state index is -0.507. The number of methoxy groups -OCH3 is 1. The molecular weight excluding hydrogens is 173 g/mol. The van der Waals surface area contributed by atoms with Gasteiger partial charge in [-0.15, -0.1) is 0 Å². The maximum atomic E-state index is 12.4. The van der Waals surface area contributed by atoms with Gasteiger partial charge >= 0.3 is 0 Å². The van der Waals surface area contributed by atoms with Crippen molar-refractivity contribution in [3.8, 4) is 5.75 Å². The summed E-state index contributed by atoms with van der Waals surface area (Å²) in [5, 5.41) is 0. The molecule has 0 bridgehead atoms. The van der Waals surface area contributed by atoms with E-state index in [2.05, 4.69) is 4.98 Å². The van der Waals surface area contributed by atoms with E-state index >= 15 is 0 Å². The van der Waals surface area contributed by atoms with E-state index in [0.717, 1.165) is 0 Å². The van der Waals surface area contributed by atoms with Crippen LogP contribution in [0.2, 0.25) is 0 Å². The Morgan fingerprint density at radius 2 is 2.31 bits per heavy atom. The van der Waals surface area contributed by atoms with Gasteiger partial charge in [-0.25, -0.2) is 4.98 Å². The summed E-state index contributed by atoms with van der Waals surface area (Å²) in [5.74, 6) is 0.0393. The van der Waals surface area contributed by atoms with Crippen molar-refractivity contribution in [3.05, 3.63) is 24.3 Å². The van der Waals surface area contributed by atoms with Crippen LogP contribution in [0.1, 0.15) is 6.92 Å². The molecule has 1 aromatic heterocycles. The molecule has 0 aromatic carbocycles. The monoisotopic (exact) mass is 185 g/mol. The smallest absolute Gasteiger partial charge is 0.213 e. The van der Waals surface area contributed by atoms with Gasteiger partial charge < -0.3 is 9.47 Å². The van der Waals surface area contributed by atoms with E-state index in [9.17, 15) is 4.39 Å². The van der Waals surface area contributed by atoms with Gasteiger partial charge in [0.25, 0.3) is 0 Å². The second-order valence-electron chi connectivity index (χ2n) is 2.67. The molecule has 0 saturated heterocycles. The third kappa shape index (κ3) is 3.38. The second kappa shape index (κ2) is 4.77. The fourth-order valence-electron chi connectivity index (χ4n) is 0.729. The van der Waals surface area contributed by atoms with Gasteiger partial charge in [-0.1, -0.05) is 0 Å². The number of aromatic nitrogens is 1. The lowest BCUT2D eigenvalue weighted by Gasteiger charge is -2.10. The summed E-state index contributed by atoms with van der Waals surface area (Å²) in [6.07, 6.45) is 1.36. The largest absolute Gasteiger partial charge is 0.489 e. The van der Waals surface area contributed by atoms with Crippen LogP contribution >= 0.6 is 0 Å². The molecule has 1 unspecified atom stereocenters. The van der Waals surface area contributed by atoms with Gasteiger partial charge in [0.15, 0.2) is 0 Å². The number of nitrogens with zero attached hydrogens (tertiary/aromatic N) is 1. The molecule has 13 heavy (non-hydrogen) atoms. The molecule has 1 rings (SSSR count). The Balaban J connectivity index is 2.41. The van der Waals surface area contributed by atoms with Crippen LogP contribution in [-0.4, -0.2) is 24.8 Å². The van der Waals surface area contributed by atoms with E-state index in [0.29, 0.717) is 12.4 Å². The summed E-state index contributed by atoms with van der Waals surface area (Å²) in [5.41, 5.74) is 0. The highest BCUT2D eigenvalue weighted by Crippen LogP contribution is 2.08. The number of rotatable bonds is 4. The van der Waals surface area contributed by atoms with Crippen LogP contribution in [0.15, 0.2) is 18.3 Å². The third-order valence-electron chi connectivity index (χ3n) is 1.59. The van der Waals surface area contributed by atoms with Gasteiger partial charge in [0.1, 0.15) is 12.4 Å². The van der Waals surface area contributed by atoms with Crippen molar-refractivity contribution in [1.29, 1.82) is 0 Å². The molecule has 1 atom stereocenters. The van der Waals surface area contributed by atoms with Crippen molar-refractivity contribution in [3.63, 3.8) is 0 Å². The summed E-state index contributed by atoms with van der Waals surface area (Å²) >= 11 is 0. The number of hydrogen-bond donors (Lipinski definition) is 0. The fourth-order valence-corrected chi connectivity index (χ4v) is 0.729. The molecule has 0 fully saturated rings. The molecule has 0 spiro atoms. The molecule has 4 heteroatoms. The van der Waals surface area contributed by atoms with Gasteiger partial charge in [0, 0.05) is 7.11 Å². The Labute approximate surface area is 76.5 Å². The minimum Gasteiger partial charge on any atom is -0.489 e. The van der Waals surface area contributed by atoms with Crippen molar-refractivity contribution in [1.82, 2.24) is 4.98 Å². The first-order valence-electron chi connectivity index (χ1n) is 3.99. The molecule has 1 heterocycles. The molecule has 3 nitrogen and oxygen atoms in total. The van der Waals surface area contributed by atoms with E-state index in [1.807, 2.05) is 6.92 Å². The molecule has 0 saturated carbocycles. The SMILES string of the molecule is COC(C)COc1ccc(F)nc1. The molecular formula is C9H12FNO2. The summed E-state index contributed by atoms with van der Waals surface area (Å²) in [7, 11) is 1.61. The van der Waals surface area contributed by atoms with Crippen molar-refractivity contribution in [2.75, 3.05) is 13.7 Å². The molecule has 0 radical (unpaired) electrons. The van der Waals surface area contributed by atoms with Crippen LogP contribution in [0.5, 0.6) is 5.75 Å². The molecule has 0 aliphatic carbocycles. The topological polar surface area (TPSA) is 31.4 Å². The third-order valence-corrected chi connectivity index (χ3v) is 1.59. The normalized spacial score (nSPS) is 12.5. The van der Waals surface area contributed by atoms with Gasteiger partial charge in [0.2, 0.25) is 5.95 Å². The lowest BCUT2D eigenvalue weighted by molar-refractivity contribution is 0.0715. The maximum Gasteiger partial charge on any atom is 0.213 e. The van der Waals surface area contributed by atoms with Crippen molar-refractivity contribution < 1.29 is 13.9 Å². The zero-order chi connectivity index (χ0) is 9.68. The highest BCUT2D eigenvalue weighted by Gasteiger charge is 2.00. The Hall–Kier alpha value is -1.16. The number of halogens is 1. The lowest BCUT2D eigenvalue weighted by Crippen LogP contribution is -2.15. The van der Waals surface area contributed by atoms with Crippen molar-refractivity contribution >= 4 is 0 Å². The van der Waals surface area contributed by atoms with Crippen LogP contribution in [0.4, 0.5) is 4.39 Å². The number of ether oxygens (including phenoxy) is 2. The Bertz CT molecular complexity index is 250. The zero-order valence-corrected chi connectivity index (χ0v) is 7.66. The molecule has 0 aliphatic heterocycles. The molecule has 0 aliphatic rings. The second-order valence-corrected chi connectivity index (χ2v) is 2.67. The molecule has 1 aromatic rings. The zero-order valence-electron chi connectivity index (χ0n) is 7.66. The standard InChI is InChI=1S/C9H12FNO2/c1-7(12-2)6-13-8-3-4-9(10)11-5-8/h3-5,7H,6H2,1-2H3. The number of hydrogen-bond acceptors (Lipinski definition) is 3. The average Bonchev–Trinajstić information content (AvgIpc) is 2.16. The summed E-state index contributed by atoms with van der Waals surface area (Å²) in [4.78, 5) is 3.45. The van der Waals surface area contributed by atoms with Gasteiger partial charge in [-0.2, -0.15) is 4.39 Å². The van der Waals surface area contributed by atoms with Crippen LogP contribution < -0.4 is 4.74 Å². The van der Waals surface area contributed by atoms with E-state index in [1.54, 1.807) is 7.11 Å². The first kappa shape index (κ1) is 9.92. The van der Waals surface area contributed by atoms with E-state index in [1.165, 1.54) is 18.3 Å². The molecule has 0 amide bonds. The van der Waals surface area contributed by atoms with Crippen molar-refractivity contribution in [2.24, 2.45) is 0 Å². The lowest BCUT2D eigenvalue weighted by atomic mass is 10.4. The number of pyridine rings is 1. The Morgan fingerprint density at radius 3 is 2.85 bits per heavy atom. The van der Waals surface area contributed by atoms with Crippen LogP contribution in [0, 0.1) is 5.95 Å². The summed E-state index contributed by atoms with van der Waals surface area (Å²) in [6, 6.07) is 2.79. The fraction of sp³-hybridized carbons (Fsp3) is 0.444. The van der Waals surface area contributed by atoms with Crippen LogP contribution in [0.25, 0.3) is 0 Å². The summed E-state index contributed by atoms with van der Waals surface area (Å²) in [6.45, 7) is 2.32. The van der Waals surface area contributed by atoms with Crippen molar-refractivity contribution in [2.45, 2.75) is 13.0 Å². The van der Waals surface area contributed by atoms with Gasteiger partial charge in [-0.3, -0.25) is 0 Å². The average molecular weight is 185 g/mol. The molecule has 0 N–H and O–H groups in total. The van der Waals surface area contributed by atoms with Gasteiger partial charge in [-0.05, 0) is 19.1 Å². The first-order valence-corrected chi connectivity index (χ1v) is 3.99. The molecule has 72 valence electrons. The van der Waals surface area contributed by atoms with E-state index in [4.69, 9.17) is 9.47 Å². The minimum absolute atomic E-state index is 0.0186. The Morgan fingerprint density at radius 1 is 1.54 bits per heavy atom.